The molecule has 1 saturated heterocycles. The molecule has 5 nitrogen and oxygen atoms in total. The molecule has 3 rings (SSSR count). The van der Waals surface area contributed by atoms with Gasteiger partial charge in [-0.15, -0.1) is 0 Å². The summed E-state index contributed by atoms with van der Waals surface area (Å²) in [4.78, 5) is 35.8. The lowest BCUT2D eigenvalue weighted by Gasteiger charge is -2.28. The van der Waals surface area contributed by atoms with Crippen LogP contribution in [0.4, 0.5) is 0 Å². The van der Waals surface area contributed by atoms with E-state index in [-0.39, 0.29) is 36.7 Å². The quantitative estimate of drug-likeness (QED) is 0.609. The second-order valence-corrected chi connectivity index (χ2v) is 5.09. The molecule has 3 amide bonds. The number of hydrogen-bond donors (Lipinski definition) is 1. The van der Waals surface area contributed by atoms with E-state index in [0.29, 0.717) is 0 Å². The Bertz CT molecular complexity index is 353. The van der Waals surface area contributed by atoms with E-state index in [0.717, 1.165) is 24.7 Å². The highest BCUT2D eigenvalue weighted by molar-refractivity contribution is 6.02. The van der Waals surface area contributed by atoms with Gasteiger partial charge in [-0.25, -0.2) is 0 Å². The van der Waals surface area contributed by atoms with Crippen molar-refractivity contribution in [2.24, 2.45) is 17.8 Å². The van der Waals surface area contributed by atoms with Crippen molar-refractivity contribution in [2.75, 3.05) is 13.1 Å². The molecule has 0 bridgehead atoms. The second-order valence-electron chi connectivity index (χ2n) is 5.09. The van der Waals surface area contributed by atoms with Crippen molar-refractivity contribution >= 4 is 17.7 Å². The molecule has 2 unspecified atom stereocenters. The molecular formula is C11H14N2O3. The van der Waals surface area contributed by atoms with Crippen LogP contribution in [-0.2, 0) is 14.4 Å². The Balaban J connectivity index is 1.65. The third kappa shape index (κ3) is 1.60. The van der Waals surface area contributed by atoms with E-state index in [4.69, 9.17) is 0 Å². The zero-order valence-electron chi connectivity index (χ0n) is 8.94. The number of piperazine rings is 1. The summed E-state index contributed by atoms with van der Waals surface area (Å²) in [6, 6.07) is 0. The van der Waals surface area contributed by atoms with E-state index < -0.39 is 0 Å². The molecule has 3 fully saturated rings. The van der Waals surface area contributed by atoms with Crippen molar-refractivity contribution in [2.45, 2.75) is 19.3 Å². The zero-order valence-corrected chi connectivity index (χ0v) is 8.94. The van der Waals surface area contributed by atoms with Gasteiger partial charge in [0.2, 0.25) is 17.7 Å². The van der Waals surface area contributed by atoms with Crippen LogP contribution in [0.5, 0.6) is 0 Å². The van der Waals surface area contributed by atoms with E-state index in [1.807, 2.05) is 0 Å². The van der Waals surface area contributed by atoms with Crippen molar-refractivity contribution in [3.8, 4) is 0 Å². The van der Waals surface area contributed by atoms with Crippen molar-refractivity contribution in [3.63, 3.8) is 0 Å². The van der Waals surface area contributed by atoms with Crippen LogP contribution in [0, 0.1) is 17.8 Å². The average Bonchev–Trinajstić information content (AvgIpc) is 2.83. The molecule has 1 heterocycles. The van der Waals surface area contributed by atoms with Crippen LogP contribution in [0.3, 0.4) is 0 Å². The first kappa shape index (κ1) is 9.81. The van der Waals surface area contributed by atoms with Gasteiger partial charge in [-0.05, 0) is 31.1 Å². The molecule has 0 aromatic rings. The summed E-state index contributed by atoms with van der Waals surface area (Å²) >= 11 is 0. The Morgan fingerprint density at radius 2 is 1.62 bits per heavy atom. The Hall–Kier alpha value is -1.39. The van der Waals surface area contributed by atoms with Gasteiger partial charge in [-0.3, -0.25) is 19.7 Å². The fraction of sp³-hybridized carbons (Fsp3) is 0.727. The molecule has 0 aromatic heterocycles. The maximum Gasteiger partial charge on any atom is 0.246 e. The number of fused-ring (bicyclic) bond motifs is 1. The van der Waals surface area contributed by atoms with E-state index >= 15 is 0 Å². The SMILES string of the molecule is O=C1CN(C(=O)C2CC3CC3C2)CC(=O)N1. The topological polar surface area (TPSA) is 66.5 Å². The van der Waals surface area contributed by atoms with E-state index in [2.05, 4.69) is 5.32 Å². The molecule has 0 aromatic carbocycles. The van der Waals surface area contributed by atoms with Crippen molar-refractivity contribution in [1.29, 1.82) is 0 Å². The Morgan fingerprint density at radius 3 is 2.19 bits per heavy atom. The normalized spacial score (nSPS) is 37.0. The molecule has 2 atom stereocenters. The zero-order chi connectivity index (χ0) is 11.3. The molecule has 0 spiro atoms. The molecule has 86 valence electrons. The van der Waals surface area contributed by atoms with Crippen LogP contribution in [0.1, 0.15) is 19.3 Å². The molecule has 0 radical (unpaired) electrons. The van der Waals surface area contributed by atoms with E-state index in [1.165, 1.54) is 11.3 Å². The molecule has 1 N–H and O–H groups in total. The van der Waals surface area contributed by atoms with E-state index in [1.54, 1.807) is 0 Å². The minimum absolute atomic E-state index is 0.00426. The first-order valence-electron chi connectivity index (χ1n) is 5.75. The highest BCUT2D eigenvalue weighted by Gasteiger charge is 2.49. The number of hydrogen-bond acceptors (Lipinski definition) is 3. The molecule has 3 aliphatic rings. The number of amides is 3. The number of imide groups is 1. The molecule has 2 aliphatic carbocycles. The monoisotopic (exact) mass is 222 g/mol. The Kier molecular flexibility index (Phi) is 2.02. The van der Waals surface area contributed by atoms with Crippen LogP contribution in [0.2, 0.25) is 0 Å². The first-order chi connectivity index (χ1) is 7.63. The number of rotatable bonds is 1. The third-order valence-corrected chi connectivity index (χ3v) is 3.85. The lowest BCUT2D eigenvalue weighted by atomic mass is 10.0. The number of nitrogens with one attached hydrogen (secondary N) is 1. The standard InChI is InChI=1S/C11H14N2O3/c14-9-4-13(5-10(15)12-9)11(16)8-2-6-1-7(6)3-8/h6-8H,1-5H2,(H,12,14,15). The van der Waals surface area contributed by atoms with Crippen LogP contribution in [-0.4, -0.2) is 35.7 Å². The summed E-state index contributed by atoms with van der Waals surface area (Å²) in [6.45, 7) is 0.0762. The second kappa shape index (κ2) is 3.30. The van der Waals surface area contributed by atoms with Crippen LogP contribution in [0.15, 0.2) is 0 Å². The Morgan fingerprint density at radius 1 is 1.06 bits per heavy atom. The Labute approximate surface area is 93.2 Å². The van der Waals surface area contributed by atoms with Gasteiger partial charge in [-0.2, -0.15) is 0 Å². The van der Waals surface area contributed by atoms with Gasteiger partial charge in [0.1, 0.15) is 13.1 Å². The summed E-state index contributed by atoms with van der Waals surface area (Å²) in [5.74, 6) is 0.796. The fourth-order valence-electron chi connectivity index (χ4n) is 2.97. The molecule has 2 saturated carbocycles. The van der Waals surface area contributed by atoms with Crippen LogP contribution < -0.4 is 5.32 Å². The van der Waals surface area contributed by atoms with Crippen molar-refractivity contribution in [1.82, 2.24) is 10.2 Å². The van der Waals surface area contributed by atoms with Gasteiger partial charge in [0.15, 0.2) is 0 Å². The van der Waals surface area contributed by atoms with E-state index in [9.17, 15) is 14.4 Å². The van der Waals surface area contributed by atoms with Crippen molar-refractivity contribution < 1.29 is 14.4 Å². The largest absolute Gasteiger partial charge is 0.324 e. The van der Waals surface area contributed by atoms with Gasteiger partial charge in [-0.1, -0.05) is 0 Å². The maximum absolute atomic E-state index is 12.1. The summed E-state index contributed by atoms with van der Waals surface area (Å²) in [5.41, 5.74) is 0. The minimum atomic E-state index is -0.368. The predicted octanol–water partition coefficient (Wildman–Crippen LogP) is -0.482. The summed E-state index contributed by atoms with van der Waals surface area (Å²) in [5, 5.41) is 2.20. The van der Waals surface area contributed by atoms with Crippen molar-refractivity contribution in [3.05, 3.63) is 0 Å². The third-order valence-electron chi connectivity index (χ3n) is 3.85. The summed E-state index contributed by atoms with van der Waals surface area (Å²) < 4.78 is 0. The van der Waals surface area contributed by atoms with Gasteiger partial charge in [0, 0.05) is 5.92 Å². The fourth-order valence-corrected chi connectivity index (χ4v) is 2.97. The smallest absolute Gasteiger partial charge is 0.246 e. The lowest BCUT2D eigenvalue weighted by molar-refractivity contribution is -0.147. The minimum Gasteiger partial charge on any atom is -0.324 e. The molecule has 16 heavy (non-hydrogen) atoms. The molecular weight excluding hydrogens is 208 g/mol. The number of carbonyl (C=O) groups excluding carboxylic acids is 3. The number of carbonyl (C=O) groups is 3. The highest BCUT2D eigenvalue weighted by atomic mass is 16.2. The first-order valence-corrected chi connectivity index (χ1v) is 5.75. The number of nitrogens with zero attached hydrogens (tertiary/aromatic N) is 1. The highest BCUT2D eigenvalue weighted by Crippen LogP contribution is 2.54. The molecule has 1 aliphatic heterocycles. The summed E-state index contributed by atoms with van der Waals surface area (Å²) in [7, 11) is 0. The van der Waals surface area contributed by atoms with Gasteiger partial charge in [0.25, 0.3) is 0 Å². The van der Waals surface area contributed by atoms with Gasteiger partial charge < -0.3 is 4.90 Å². The maximum atomic E-state index is 12.1. The predicted molar refractivity (Wildman–Crippen MR) is 54.1 cm³/mol. The van der Waals surface area contributed by atoms with Gasteiger partial charge in [0.05, 0.1) is 0 Å². The average molecular weight is 222 g/mol. The van der Waals surface area contributed by atoms with Gasteiger partial charge >= 0.3 is 0 Å². The van der Waals surface area contributed by atoms with Crippen LogP contribution >= 0.6 is 0 Å². The van der Waals surface area contributed by atoms with Crippen LogP contribution in [0.25, 0.3) is 0 Å². The lowest BCUT2D eigenvalue weighted by Crippen LogP contribution is -2.54. The molecule has 5 heteroatoms. The summed E-state index contributed by atoms with van der Waals surface area (Å²) in [6.07, 6.45) is 3.18.